The summed E-state index contributed by atoms with van der Waals surface area (Å²) in [4.78, 5) is 19.5. The molecule has 0 atom stereocenters. The summed E-state index contributed by atoms with van der Waals surface area (Å²) in [5.41, 5.74) is 0. The Kier molecular flexibility index (Phi) is 36.6. The van der Waals surface area contributed by atoms with Gasteiger partial charge in [0.05, 0.1) is 6.61 Å². The van der Waals surface area contributed by atoms with E-state index in [1.54, 1.807) is 0 Å². The van der Waals surface area contributed by atoms with Crippen molar-refractivity contribution in [1.82, 2.24) is 0 Å². The fraction of sp³-hybridized carbons (Fsp3) is 0.857. The summed E-state index contributed by atoms with van der Waals surface area (Å²) >= 11 is -0.245. The Morgan fingerprint density at radius 2 is 1.09 bits per heavy atom. The fourth-order valence-electron chi connectivity index (χ4n) is 2.82. The second-order valence-corrected chi connectivity index (χ2v) is 9.97. The number of hydrogen-bond donors (Lipinski definition) is 0. The van der Waals surface area contributed by atoms with Crippen LogP contribution in [0.2, 0.25) is 0 Å². The van der Waals surface area contributed by atoms with Crippen molar-refractivity contribution in [3.05, 3.63) is 12.2 Å². The number of carbonyl (C=O) groups excluding carboxylic acids is 2. The van der Waals surface area contributed by atoms with Gasteiger partial charge in [0, 0.05) is 12.9 Å². The number of hydrogen-bond acceptors (Lipinski definition) is 6. The van der Waals surface area contributed by atoms with E-state index in [4.69, 9.17) is 22.2 Å². The van der Waals surface area contributed by atoms with Crippen LogP contribution in [-0.4, -0.2) is 46.6 Å². The molecule has 0 aliphatic rings. The van der Waals surface area contributed by atoms with E-state index in [-0.39, 0.29) is 21.9 Å². The monoisotopic (exact) mass is 514 g/mol. The van der Waals surface area contributed by atoms with Crippen molar-refractivity contribution in [2.24, 2.45) is 0 Å². The number of unbranched alkanes of at least 4 members (excludes halogenated alkanes) is 12. The molecule has 6 nitrogen and oxygen atoms in total. The van der Waals surface area contributed by atoms with Gasteiger partial charge in [-0.25, -0.2) is 0 Å². The Bertz CT molecular complexity index is 454. The molecule has 0 aliphatic carbocycles. The van der Waals surface area contributed by atoms with Gasteiger partial charge in [-0.2, -0.15) is 0 Å². The van der Waals surface area contributed by atoms with E-state index in [9.17, 15) is 4.79 Å². The van der Waals surface area contributed by atoms with Crippen molar-refractivity contribution in [3.8, 4) is 0 Å². The third-order valence-electron chi connectivity index (χ3n) is 4.62. The van der Waals surface area contributed by atoms with Crippen LogP contribution < -0.4 is 5.11 Å². The predicted octanol–water partition coefficient (Wildman–Crippen LogP) is 6.71. The average molecular weight is 515 g/mol. The zero-order valence-corrected chi connectivity index (χ0v) is 25.1. The minimum Gasteiger partial charge on any atom is -0.466 e. The minimum absolute atomic E-state index is 0.159. The smallest absolute Gasteiger partial charge is 0.302 e. The molecule has 0 aromatic heterocycles. The molecule has 0 fully saturated rings. The molecule has 0 amide bonds. The molecule has 0 N–H and O–H groups in total. The van der Waals surface area contributed by atoms with E-state index < -0.39 is 5.97 Å². The second kappa shape index (κ2) is 33.1. The maximum absolute atomic E-state index is 10.6. The number of allylic oxidation sites excluding steroid dienone is 2. The van der Waals surface area contributed by atoms with Gasteiger partial charge < -0.3 is 14.6 Å². The molecule has 0 aliphatic heterocycles. The van der Waals surface area contributed by atoms with Crippen LogP contribution in [0.15, 0.2) is 12.2 Å². The maximum Gasteiger partial charge on any atom is 0.302 e. The number of rotatable bonds is 20. The molecule has 0 saturated carbocycles. The first kappa shape index (κ1) is 38.7. The number of carboxylic acid groups (broad SMARTS) is 1. The Morgan fingerprint density at radius 1 is 0.714 bits per heavy atom. The summed E-state index contributed by atoms with van der Waals surface area (Å²) in [6, 6.07) is 0. The van der Waals surface area contributed by atoms with Gasteiger partial charge in [0.2, 0.25) is 0 Å². The minimum atomic E-state index is -1.08. The van der Waals surface area contributed by atoms with Crippen LogP contribution in [0.4, 0.5) is 0 Å². The quantitative estimate of drug-likeness (QED) is 0.0776. The van der Waals surface area contributed by atoms with Crippen molar-refractivity contribution < 1.29 is 27.0 Å². The van der Waals surface area contributed by atoms with Crippen molar-refractivity contribution in [1.29, 1.82) is 0 Å². The summed E-state index contributed by atoms with van der Waals surface area (Å²) < 4.78 is 15.3. The van der Waals surface area contributed by atoms with Crippen molar-refractivity contribution >= 4 is 27.8 Å². The molecule has 0 spiro atoms. The Labute approximate surface area is 224 Å². The summed E-state index contributed by atoms with van der Waals surface area (Å²) in [5.74, 6) is -1.24. The first-order valence-electron chi connectivity index (χ1n) is 13.7. The Hall–Kier alpha value is -0.868. The zero-order valence-electron chi connectivity index (χ0n) is 23.9. The molecule has 0 unspecified atom stereocenters. The fourth-order valence-corrected chi connectivity index (χ4v) is 3.33. The molecule has 0 radical (unpaired) electrons. The van der Waals surface area contributed by atoms with E-state index in [0.717, 1.165) is 13.3 Å². The molecule has 0 rings (SSSR count). The van der Waals surface area contributed by atoms with E-state index in [1.165, 1.54) is 90.4 Å². The van der Waals surface area contributed by atoms with Crippen LogP contribution in [0.3, 0.4) is 0 Å². The van der Waals surface area contributed by atoms with E-state index in [0.29, 0.717) is 18.8 Å². The van der Waals surface area contributed by atoms with Crippen LogP contribution in [0.1, 0.15) is 138 Å². The third kappa shape index (κ3) is 55.1. The number of aliphatic carboxylic acids is 1. The van der Waals surface area contributed by atoms with Gasteiger partial charge in [0.25, 0.3) is 0 Å². The summed E-state index contributed by atoms with van der Waals surface area (Å²) in [5, 5.41) is 8.89. The summed E-state index contributed by atoms with van der Waals surface area (Å²) in [7, 11) is 0. The summed E-state index contributed by atoms with van der Waals surface area (Å²) in [6.07, 6.45) is 23.6. The molecule has 206 valence electrons. The number of carboxylic acids is 1. The molecule has 7 heteroatoms. The number of carbonyl (C=O) groups is 2. The third-order valence-corrected chi connectivity index (χ3v) is 5.93. The summed E-state index contributed by atoms with van der Waals surface area (Å²) in [6.45, 7) is 13.4. The molecule has 0 bridgehead atoms. The van der Waals surface area contributed by atoms with Crippen LogP contribution in [0.5, 0.6) is 0 Å². The van der Waals surface area contributed by atoms with Gasteiger partial charge in [0.1, 0.15) is 0 Å². The Morgan fingerprint density at radius 3 is 1.46 bits per heavy atom. The SMILES string of the molecule is CC(=O)[O-].CC(C)[O][Al+][O]C(C)C.CCCCCCCC/C=C\CCCCCCCCOC(C)=O. The number of ether oxygens (including phenoxy) is 1. The maximum atomic E-state index is 10.6. The van der Waals surface area contributed by atoms with Gasteiger partial charge in [0.15, 0.2) is 0 Å². The van der Waals surface area contributed by atoms with Gasteiger partial charge in [-0.05, 0) is 39.0 Å². The van der Waals surface area contributed by atoms with Crippen molar-refractivity contribution in [2.75, 3.05) is 6.61 Å². The van der Waals surface area contributed by atoms with Crippen molar-refractivity contribution in [2.45, 2.75) is 151 Å². The average Bonchev–Trinajstić information content (AvgIpc) is 2.75. The van der Waals surface area contributed by atoms with E-state index >= 15 is 0 Å². The first-order valence-corrected chi connectivity index (χ1v) is 14.7. The van der Waals surface area contributed by atoms with Crippen LogP contribution in [0.25, 0.3) is 0 Å². The van der Waals surface area contributed by atoms with Gasteiger partial charge in [-0.1, -0.05) is 76.9 Å². The molecule has 0 aromatic carbocycles. The van der Waals surface area contributed by atoms with Gasteiger partial charge in [-0.3, -0.25) is 4.79 Å². The zero-order chi connectivity index (χ0) is 27.2. The van der Waals surface area contributed by atoms with E-state index in [1.807, 2.05) is 27.7 Å². The van der Waals surface area contributed by atoms with Crippen LogP contribution in [-0.2, 0) is 21.9 Å². The normalized spacial score (nSPS) is 10.4. The first-order chi connectivity index (χ1) is 16.6. The molecule has 0 saturated heterocycles. The number of esters is 1. The topological polar surface area (TPSA) is 84.9 Å². The predicted molar refractivity (Wildman–Crippen MR) is 145 cm³/mol. The van der Waals surface area contributed by atoms with Crippen LogP contribution >= 0.6 is 0 Å². The van der Waals surface area contributed by atoms with Crippen LogP contribution in [0, 0.1) is 0 Å². The largest absolute Gasteiger partial charge is 0.466 e. The van der Waals surface area contributed by atoms with Gasteiger partial charge in [-0.15, -0.1) is 0 Å². The molecule has 35 heavy (non-hydrogen) atoms. The standard InChI is InChI=1S/C20H38O2.2C3H7O.C2H4O2.Al/c1-3-4-5-6-7-8-9-10-11-12-13-14-15-16-17-18-19-22-20(2)21;2*1-3(2)4;1-2(3)4;/h10-11H,3-9,12-19H2,1-2H3;2*3H,1-2H3;1H3,(H,3,4);/q;2*-1;;+3/p-1/b11-10-;;;;. The molecular weight excluding hydrogens is 459 g/mol. The molecular formula is C28H55AlO6. The van der Waals surface area contributed by atoms with Crippen molar-refractivity contribution in [3.63, 3.8) is 0 Å². The molecule has 0 heterocycles. The second-order valence-electron chi connectivity index (χ2n) is 9.24. The molecule has 0 aromatic rings. The van der Waals surface area contributed by atoms with E-state index in [2.05, 4.69) is 19.1 Å². The van der Waals surface area contributed by atoms with Gasteiger partial charge >= 0.3 is 69.3 Å². The Balaban J connectivity index is -0.000000646.